The number of nitrogens with zero attached hydrogens (tertiary/aromatic N) is 1. The molecule has 0 spiro atoms. The number of hydrogen-bond donors (Lipinski definition) is 2. The standard InChI is InChI=1S/C15H21N3O2/c1-2-8-16-14-5-3-4-11(17-14)15(19)18-12-9-10-6-7-13(12)20-10/h3-5,10,12-13H,2,6-9H2,1H3,(H,16,17)(H,18,19). The van der Waals surface area contributed by atoms with Crippen molar-refractivity contribution in [1.82, 2.24) is 10.3 Å². The van der Waals surface area contributed by atoms with E-state index in [2.05, 4.69) is 22.5 Å². The minimum absolute atomic E-state index is 0.105. The van der Waals surface area contributed by atoms with Crippen molar-refractivity contribution in [1.29, 1.82) is 0 Å². The molecule has 2 aliphatic rings. The smallest absolute Gasteiger partial charge is 0.270 e. The summed E-state index contributed by atoms with van der Waals surface area (Å²) in [4.78, 5) is 16.6. The summed E-state index contributed by atoms with van der Waals surface area (Å²) < 4.78 is 5.75. The highest BCUT2D eigenvalue weighted by molar-refractivity contribution is 5.92. The van der Waals surface area contributed by atoms with Crippen molar-refractivity contribution in [3.05, 3.63) is 23.9 Å². The van der Waals surface area contributed by atoms with E-state index in [-0.39, 0.29) is 18.1 Å². The number of hydrogen-bond acceptors (Lipinski definition) is 4. The van der Waals surface area contributed by atoms with Gasteiger partial charge in [-0.25, -0.2) is 4.98 Å². The van der Waals surface area contributed by atoms with Crippen molar-refractivity contribution in [2.45, 2.75) is 50.9 Å². The Labute approximate surface area is 119 Å². The van der Waals surface area contributed by atoms with Crippen LogP contribution in [0.4, 0.5) is 5.82 Å². The van der Waals surface area contributed by atoms with E-state index in [1.165, 1.54) is 0 Å². The molecule has 2 N–H and O–H groups in total. The number of pyridine rings is 1. The summed E-state index contributed by atoms with van der Waals surface area (Å²) in [5.41, 5.74) is 0.467. The van der Waals surface area contributed by atoms with E-state index < -0.39 is 0 Å². The van der Waals surface area contributed by atoms with E-state index in [1.54, 1.807) is 6.07 Å². The Morgan fingerprint density at radius 3 is 3.05 bits per heavy atom. The van der Waals surface area contributed by atoms with Crippen LogP contribution in [0.3, 0.4) is 0 Å². The van der Waals surface area contributed by atoms with Crippen LogP contribution in [-0.2, 0) is 4.74 Å². The number of carbonyl (C=O) groups is 1. The average molecular weight is 275 g/mol. The van der Waals surface area contributed by atoms with Crippen LogP contribution in [0.2, 0.25) is 0 Å². The zero-order chi connectivity index (χ0) is 13.9. The lowest BCUT2D eigenvalue weighted by atomic mass is 9.95. The van der Waals surface area contributed by atoms with E-state index in [9.17, 15) is 4.79 Å². The van der Waals surface area contributed by atoms with Gasteiger partial charge in [-0.3, -0.25) is 4.79 Å². The molecule has 0 saturated carbocycles. The molecule has 2 fully saturated rings. The molecule has 20 heavy (non-hydrogen) atoms. The van der Waals surface area contributed by atoms with Crippen LogP contribution in [0.15, 0.2) is 18.2 Å². The first-order valence-electron chi connectivity index (χ1n) is 7.43. The quantitative estimate of drug-likeness (QED) is 0.862. The number of rotatable bonds is 5. The summed E-state index contributed by atoms with van der Waals surface area (Å²) in [5, 5.41) is 6.25. The molecule has 5 nitrogen and oxygen atoms in total. The molecule has 1 aromatic rings. The molecular formula is C15H21N3O2. The fraction of sp³-hybridized carbons (Fsp3) is 0.600. The highest BCUT2D eigenvalue weighted by atomic mass is 16.5. The van der Waals surface area contributed by atoms with Gasteiger partial charge in [0.05, 0.1) is 18.2 Å². The Kier molecular flexibility index (Phi) is 3.87. The van der Waals surface area contributed by atoms with Gasteiger partial charge in [-0.1, -0.05) is 13.0 Å². The molecule has 1 aromatic heterocycles. The average Bonchev–Trinajstić information content (AvgIpc) is 3.08. The first kappa shape index (κ1) is 13.4. The first-order valence-corrected chi connectivity index (χ1v) is 7.43. The second kappa shape index (κ2) is 5.79. The fourth-order valence-electron chi connectivity index (χ4n) is 2.94. The van der Waals surface area contributed by atoms with Crippen LogP contribution >= 0.6 is 0 Å². The molecule has 2 bridgehead atoms. The lowest BCUT2D eigenvalue weighted by Gasteiger charge is -2.19. The molecule has 0 aromatic carbocycles. The number of carbonyl (C=O) groups excluding carboxylic acids is 1. The normalized spacial score (nSPS) is 27.6. The van der Waals surface area contributed by atoms with E-state index in [0.29, 0.717) is 11.8 Å². The largest absolute Gasteiger partial charge is 0.373 e. The highest BCUT2D eigenvalue weighted by Gasteiger charge is 2.41. The van der Waals surface area contributed by atoms with Gasteiger partial charge in [0.15, 0.2) is 0 Å². The van der Waals surface area contributed by atoms with Crippen molar-refractivity contribution < 1.29 is 9.53 Å². The third-order valence-corrected chi connectivity index (χ3v) is 3.96. The van der Waals surface area contributed by atoms with E-state index in [1.807, 2.05) is 12.1 Å². The van der Waals surface area contributed by atoms with Crippen molar-refractivity contribution >= 4 is 11.7 Å². The zero-order valence-corrected chi connectivity index (χ0v) is 11.8. The van der Waals surface area contributed by atoms with Crippen LogP contribution in [0.1, 0.15) is 43.1 Å². The van der Waals surface area contributed by atoms with Crippen molar-refractivity contribution in [3.63, 3.8) is 0 Å². The molecule has 2 saturated heterocycles. The van der Waals surface area contributed by atoms with Crippen LogP contribution < -0.4 is 10.6 Å². The van der Waals surface area contributed by atoms with Crippen molar-refractivity contribution in [3.8, 4) is 0 Å². The number of nitrogens with one attached hydrogen (secondary N) is 2. The number of fused-ring (bicyclic) bond motifs is 2. The number of amides is 1. The third-order valence-electron chi connectivity index (χ3n) is 3.96. The second-order valence-corrected chi connectivity index (χ2v) is 5.52. The zero-order valence-electron chi connectivity index (χ0n) is 11.8. The number of aromatic nitrogens is 1. The monoisotopic (exact) mass is 275 g/mol. The van der Waals surface area contributed by atoms with Gasteiger partial charge in [0, 0.05) is 6.54 Å². The maximum atomic E-state index is 12.2. The molecule has 0 aliphatic carbocycles. The first-order chi connectivity index (χ1) is 9.76. The number of anilines is 1. The SMILES string of the molecule is CCCNc1cccc(C(=O)NC2CC3CCC2O3)n1. The van der Waals surface area contributed by atoms with Gasteiger partial charge < -0.3 is 15.4 Å². The molecule has 5 heteroatoms. The van der Waals surface area contributed by atoms with Gasteiger partial charge in [0.1, 0.15) is 11.5 Å². The maximum absolute atomic E-state index is 12.2. The molecule has 0 radical (unpaired) electrons. The summed E-state index contributed by atoms with van der Waals surface area (Å²) in [7, 11) is 0. The topological polar surface area (TPSA) is 63.2 Å². The van der Waals surface area contributed by atoms with Gasteiger partial charge in [-0.05, 0) is 37.8 Å². The minimum atomic E-state index is -0.105. The van der Waals surface area contributed by atoms with E-state index in [0.717, 1.165) is 38.0 Å². The molecule has 3 heterocycles. The molecule has 3 atom stereocenters. The Bertz CT molecular complexity index is 492. The van der Waals surface area contributed by atoms with Crippen LogP contribution in [0.5, 0.6) is 0 Å². The van der Waals surface area contributed by atoms with Crippen LogP contribution in [0, 0.1) is 0 Å². The molecule has 108 valence electrons. The molecular weight excluding hydrogens is 254 g/mol. The molecule has 2 aliphatic heterocycles. The fourth-order valence-corrected chi connectivity index (χ4v) is 2.94. The van der Waals surface area contributed by atoms with Gasteiger partial charge in [0.2, 0.25) is 0 Å². The Morgan fingerprint density at radius 2 is 2.35 bits per heavy atom. The summed E-state index contributed by atoms with van der Waals surface area (Å²) in [6, 6.07) is 5.64. The lowest BCUT2D eigenvalue weighted by Crippen LogP contribution is -2.41. The Morgan fingerprint density at radius 1 is 1.45 bits per heavy atom. The van der Waals surface area contributed by atoms with E-state index >= 15 is 0 Å². The Balaban J connectivity index is 1.62. The molecule has 3 unspecified atom stereocenters. The molecule has 3 rings (SSSR count). The van der Waals surface area contributed by atoms with Crippen LogP contribution in [0.25, 0.3) is 0 Å². The maximum Gasteiger partial charge on any atom is 0.270 e. The van der Waals surface area contributed by atoms with Gasteiger partial charge >= 0.3 is 0 Å². The predicted molar refractivity (Wildman–Crippen MR) is 76.8 cm³/mol. The highest BCUT2D eigenvalue weighted by Crippen LogP contribution is 2.34. The van der Waals surface area contributed by atoms with Gasteiger partial charge in [-0.2, -0.15) is 0 Å². The van der Waals surface area contributed by atoms with Crippen molar-refractivity contribution in [2.75, 3.05) is 11.9 Å². The van der Waals surface area contributed by atoms with E-state index in [4.69, 9.17) is 4.74 Å². The predicted octanol–water partition coefficient (Wildman–Crippen LogP) is 1.95. The lowest BCUT2D eigenvalue weighted by molar-refractivity contribution is 0.0837. The molecule has 1 amide bonds. The summed E-state index contributed by atoms with van der Waals surface area (Å²) >= 11 is 0. The van der Waals surface area contributed by atoms with Gasteiger partial charge in [-0.15, -0.1) is 0 Å². The minimum Gasteiger partial charge on any atom is -0.373 e. The summed E-state index contributed by atoms with van der Waals surface area (Å²) in [6.07, 6.45) is 4.69. The van der Waals surface area contributed by atoms with Crippen LogP contribution in [-0.4, -0.2) is 35.7 Å². The Hall–Kier alpha value is -1.62. The summed E-state index contributed by atoms with van der Waals surface area (Å²) in [6.45, 7) is 2.96. The summed E-state index contributed by atoms with van der Waals surface area (Å²) in [5.74, 6) is 0.648. The van der Waals surface area contributed by atoms with Gasteiger partial charge in [0.25, 0.3) is 5.91 Å². The third kappa shape index (κ3) is 2.77. The van der Waals surface area contributed by atoms with Crippen molar-refractivity contribution in [2.24, 2.45) is 0 Å². The number of ether oxygens (including phenoxy) is 1. The second-order valence-electron chi connectivity index (χ2n) is 5.52.